The highest BCUT2D eigenvalue weighted by Crippen LogP contribution is 2.44. The fourth-order valence-corrected chi connectivity index (χ4v) is 7.74. The molecule has 0 saturated carbocycles. The van der Waals surface area contributed by atoms with E-state index in [9.17, 15) is 21.6 Å². The van der Waals surface area contributed by atoms with Crippen LogP contribution in [0.2, 0.25) is 0 Å². The fourth-order valence-electron chi connectivity index (χ4n) is 5.00. The first kappa shape index (κ1) is 24.9. The Labute approximate surface area is 216 Å². The number of aryl methyl sites for hydroxylation is 1. The van der Waals surface area contributed by atoms with Gasteiger partial charge in [-0.1, -0.05) is 6.07 Å². The lowest BCUT2D eigenvalue weighted by Crippen LogP contribution is -2.29. The summed E-state index contributed by atoms with van der Waals surface area (Å²) in [5, 5.41) is 1.98. The molecule has 12 heteroatoms. The Hall–Kier alpha value is -2.80. The normalized spacial score (nSPS) is 20.2. The Morgan fingerprint density at radius 1 is 1.03 bits per heavy atom. The Bertz CT molecular complexity index is 1510. The van der Waals surface area contributed by atoms with E-state index in [1.165, 1.54) is 48.1 Å². The molecule has 1 N–H and O–H groups in total. The maximum Gasteiger partial charge on any atom is 0.263 e. The first-order valence-electron chi connectivity index (χ1n) is 11.5. The van der Waals surface area contributed by atoms with Crippen LogP contribution in [-0.2, 0) is 31.3 Å². The second-order valence-electron chi connectivity index (χ2n) is 9.11. The molecule has 2 heterocycles. The summed E-state index contributed by atoms with van der Waals surface area (Å²) in [6.45, 7) is 0.548. The van der Waals surface area contributed by atoms with Crippen molar-refractivity contribution in [1.82, 2.24) is 9.29 Å². The zero-order chi connectivity index (χ0) is 25.7. The van der Waals surface area contributed by atoms with Crippen molar-refractivity contribution >= 4 is 48.1 Å². The van der Waals surface area contributed by atoms with E-state index in [0.29, 0.717) is 23.8 Å². The van der Waals surface area contributed by atoms with Gasteiger partial charge in [-0.25, -0.2) is 26.1 Å². The van der Waals surface area contributed by atoms with Gasteiger partial charge in [0, 0.05) is 45.2 Å². The summed E-state index contributed by atoms with van der Waals surface area (Å²) < 4.78 is 53.9. The molecular formula is C24H28N4O5S3. The second kappa shape index (κ2) is 9.25. The predicted octanol–water partition coefficient (Wildman–Crippen LogP) is 3.52. The Morgan fingerprint density at radius 2 is 1.75 bits per heavy atom. The Balaban J connectivity index is 0.00000320. The van der Waals surface area contributed by atoms with Crippen LogP contribution >= 0.6 is 11.3 Å². The number of benzene rings is 2. The summed E-state index contributed by atoms with van der Waals surface area (Å²) in [6, 6.07) is 11.5. The van der Waals surface area contributed by atoms with Crippen molar-refractivity contribution in [2.24, 2.45) is 5.92 Å². The lowest BCUT2D eigenvalue weighted by molar-refractivity contribution is -0.121. The minimum absolute atomic E-state index is 0. The van der Waals surface area contributed by atoms with Crippen molar-refractivity contribution in [2.75, 3.05) is 30.3 Å². The van der Waals surface area contributed by atoms with Crippen molar-refractivity contribution in [1.29, 1.82) is 0 Å². The number of carbonyl (C=O) groups excluding carboxylic acids is 1. The minimum Gasteiger partial charge on any atom is -0.312 e. The second-order valence-corrected chi connectivity index (χ2v) is 13.8. The molecule has 1 saturated heterocycles. The highest BCUT2D eigenvalue weighted by molar-refractivity contribution is 7.93. The monoisotopic (exact) mass is 548 g/mol. The predicted molar refractivity (Wildman–Crippen MR) is 140 cm³/mol. The lowest BCUT2D eigenvalue weighted by atomic mass is 9.86. The first-order chi connectivity index (χ1) is 17.1. The van der Waals surface area contributed by atoms with Gasteiger partial charge in [-0.05, 0) is 72.7 Å². The van der Waals surface area contributed by atoms with Crippen LogP contribution in [-0.4, -0.2) is 52.7 Å². The number of rotatable bonds is 7. The molecule has 1 aromatic heterocycles. The summed E-state index contributed by atoms with van der Waals surface area (Å²) >= 11 is 1.19. The molecule has 36 heavy (non-hydrogen) atoms. The zero-order valence-corrected chi connectivity index (χ0v) is 22.2. The van der Waals surface area contributed by atoms with E-state index in [2.05, 4.69) is 9.71 Å². The molecule has 2 aliphatic rings. The van der Waals surface area contributed by atoms with E-state index < -0.39 is 20.0 Å². The van der Waals surface area contributed by atoms with Crippen molar-refractivity contribution < 1.29 is 23.1 Å². The number of anilines is 2. The van der Waals surface area contributed by atoms with Crippen LogP contribution < -0.4 is 9.62 Å². The highest BCUT2D eigenvalue weighted by Gasteiger charge is 2.41. The van der Waals surface area contributed by atoms with E-state index >= 15 is 0 Å². The van der Waals surface area contributed by atoms with Crippen molar-refractivity contribution in [2.45, 2.75) is 35.0 Å². The number of fused-ring (bicyclic) bond motifs is 1. The SMILES string of the molecule is CN(C)S(=O)(=O)c1ccc2c(c1)CCC2[C@H]1CCN(c2ccc(S(=O)(=O)Nc3nccs3)cc2)C1=O.[HH]. The van der Waals surface area contributed by atoms with E-state index in [4.69, 9.17) is 0 Å². The molecule has 1 aliphatic carbocycles. The van der Waals surface area contributed by atoms with Gasteiger partial charge < -0.3 is 4.90 Å². The average molecular weight is 549 g/mol. The number of nitrogens with zero attached hydrogens (tertiary/aromatic N) is 3. The standard InChI is InChI=1S/C24H26N4O5S3.H2/c1-27(2)36(32,33)19-8-10-20-16(15-19)3-9-21(20)22-11-13-28(23(22)29)17-4-6-18(7-5-17)35(30,31)26-24-25-12-14-34-24;/h4-8,10,12,14-15,21-22H,3,9,11,13H2,1-2H3,(H,25,26);1H/t21?,22-;/m1./s1. The number of sulfonamides is 2. The molecule has 0 spiro atoms. The summed E-state index contributed by atoms with van der Waals surface area (Å²) in [7, 11) is -4.26. The van der Waals surface area contributed by atoms with Crippen LogP contribution in [0.25, 0.3) is 0 Å². The van der Waals surface area contributed by atoms with Crippen molar-refractivity contribution in [3.63, 3.8) is 0 Å². The van der Waals surface area contributed by atoms with E-state index in [1.54, 1.807) is 34.5 Å². The Morgan fingerprint density at radius 3 is 2.42 bits per heavy atom. The number of nitrogens with one attached hydrogen (secondary N) is 1. The molecule has 192 valence electrons. The van der Waals surface area contributed by atoms with Gasteiger partial charge in [-0.3, -0.25) is 9.52 Å². The lowest BCUT2D eigenvalue weighted by Gasteiger charge is -2.21. The first-order valence-corrected chi connectivity index (χ1v) is 15.3. The van der Waals surface area contributed by atoms with Gasteiger partial charge in [0.25, 0.3) is 10.0 Å². The van der Waals surface area contributed by atoms with Gasteiger partial charge in [0.15, 0.2) is 5.13 Å². The topological polar surface area (TPSA) is 117 Å². The summed E-state index contributed by atoms with van der Waals surface area (Å²) in [5.41, 5.74) is 2.68. The van der Waals surface area contributed by atoms with Gasteiger partial charge in [0.05, 0.1) is 9.79 Å². The summed E-state index contributed by atoms with van der Waals surface area (Å²) in [4.78, 5) is 19.4. The molecule has 1 fully saturated rings. The molecular weight excluding hydrogens is 520 g/mol. The summed E-state index contributed by atoms with van der Waals surface area (Å²) in [5.74, 6) is -0.150. The van der Waals surface area contributed by atoms with Crippen LogP contribution in [0.1, 0.15) is 31.3 Å². The summed E-state index contributed by atoms with van der Waals surface area (Å²) in [6.07, 6.45) is 3.74. The molecule has 1 aliphatic heterocycles. The third-order valence-corrected chi connectivity index (χ3v) is 10.8. The maximum absolute atomic E-state index is 13.4. The number of amides is 1. The number of hydrogen-bond donors (Lipinski definition) is 1. The van der Waals surface area contributed by atoms with Crippen LogP contribution in [0.4, 0.5) is 10.8 Å². The van der Waals surface area contributed by atoms with Gasteiger partial charge in [0.1, 0.15) is 0 Å². The molecule has 2 atom stereocenters. The fraction of sp³-hybridized carbons (Fsp3) is 0.333. The largest absolute Gasteiger partial charge is 0.312 e. The molecule has 2 aromatic carbocycles. The number of thiazole rings is 1. The van der Waals surface area contributed by atoms with Gasteiger partial charge in [-0.2, -0.15) is 0 Å². The highest BCUT2D eigenvalue weighted by atomic mass is 32.2. The van der Waals surface area contributed by atoms with E-state index in [0.717, 1.165) is 24.0 Å². The van der Waals surface area contributed by atoms with Crippen LogP contribution in [0.3, 0.4) is 0 Å². The molecule has 5 rings (SSSR count). The van der Waals surface area contributed by atoms with Gasteiger partial charge in [-0.15, -0.1) is 11.3 Å². The van der Waals surface area contributed by atoms with Crippen molar-refractivity contribution in [3.8, 4) is 0 Å². The quantitative estimate of drug-likeness (QED) is 0.483. The minimum atomic E-state index is -3.77. The number of hydrogen-bond acceptors (Lipinski definition) is 7. The molecule has 1 unspecified atom stereocenters. The van der Waals surface area contributed by atoms with Crippen LogP contribution in [0, 0.1) is 5.92 Å². The van der Waals surface area contributed by atoms with Gasteiger partial charge in [0.2, 0.25) is 15.9 Å². The number of aromatic nitrogens is 1. The van der Waals surface area contributed by atoms with E-state index in [1.807, 2.05) is 6.07 Å². The Kier molecular flexibility index (Phi) is 6.39. The van der Waals surface area contributed by atoms with Gasteiger partial charge >= 0.3 is 0 Å². The van der Waals surface area contributed by atoms with Crippen LogP contribution in [0.5, 0.6) is 0 Å². The molecule has 3 aromatic rings. The van der Waals surface area contributed by atoms with E-state index in [-0.39, 0.29) is 29.0 Å². The van der Waals surface area contributed by atoms with Crippen molar-refractivity contribution in [3.05, 3.63) is 65.2 Å². The zero-order valence-electron chi connectivity index (χ0n) is 19.8. The third-order valence-electron chi connectivity index (χ3n) is 6.86. The molecule has 0 bridgehead atoms. The smallest absolute Gasteiger partial charge is 0.263 e. The molecule has 9 nitrogen and oxygen atoms in total. The maximum atomic E-state index is 13.4. The third kappa shape index (κ3) is 4.42. The molecule has 0 radical (unpaired) electrons. The molecule has 1 amide bonds. The number of carbonyl (C=O) groups is 1. The van der Waals surface area contributed by atoms with Crippen LogP contribution in [0.15, 0.2) is 63.8 Å². The average Bonchev–Trinajstić information content (AvgIpc) is 3.58.